The summed E-state index contributed by atoms with van der Waals surface area (Å²) in [5.74, 6) is 1.31. The van der Waals surface area contributed by atoms with Crippen molar-refractivity contribution in [3.05, 3.63) is 96.4 Å². The molecule has 1 N–H and O–H groups in total. The molecule has 176 valence electrons. The van der Waals surface area contributed by atoms with Crippen LogP contribution in [0.1, 0.15) is 11.1 Å². The second-order valence-corrected chi connectivity index (χ2v) is 8.06. The maximum atomic E-state index is 13.4. The highest BCUT2D eigenvalue weighted by molar-refractivity contribution is 6.03. The van der Waals surface area contributed by atoms with Gasteiger partial charge in [-0.1, -0.05) is 36.4 Å². The highest BCUT2D eigenvalue weighted by Gasteiger charge is 2.30. The van der Waals surface area contributed by atoms with Gasteiger partial charge < -0.3 is 14.6 Å². The van der Waals surface area contributed by atoms with Crippen molar-refractivity contribution >= 4 is 22.5 Å². The first-order valence-corrected chi connectivity index (χ1v) is 10.9. The normalized spacial score (nSPS) is 11.6. The molecule has 2 heterocycles. The lowest BCUT2D eigenvalue weighted by atomic mass is 10.1. The predicted molar refractivity (Wildman–Crippen MR) is 130 cm³/mol. The summed E-state index contributed by atoms with van der Waals surface area (Å²) < 4.78 is 47.2. The van der Waals surface area contributed by atoms with E-state index in [0.717, 1.165) is 40.3 Å². The lowest BCUT2D eigenvalue weighted by Gasteiger charge is -2.12. The summed E-state index contributed by atoms with van der Waals surface area (Å²) in [5, 5.41) is 4.05. The Bertz CT molecular complexity index is 1510. The predicted octanol–water partition coefficient (Wildman–Crippen LogP) is 7.17. The molecule has 0 saturated heterocycles. The molecule has 0 aliphatic carbocycles. The lowest BCUT2D eigenvalue weighted by molar-refractivity contribution is -0.137. The van der Waals surface area contributed by atoms with E-state index in [4.69, 9.17) is 4.74 Å². The van der Waals surface area contributed by atoms with Gasteiger partial charge in [0.1, 0.15) is 17.9 Å². The van der Waals surface area contributed by atoms with Crippen LogP contribution < -0.4 is 10.1 Å². The van der Waals surface area contributed by atoms with Crippen LogP contribution in [0.2, 0.25) is 0 Å². The molecule has 0 aliphatic heterocycles. The third-order valence-electron chi connectivity index (χ3n) is 5.78. The molecule has 5 rings (SSSR count). The Hall–Kier alpha value is -4.33. The van der Waals surface area contributed by atoms with Gasteiger partial charge in [0.25, 0.3) is 0 Å². The Balaban J connectivity index is 1.71. The number of hydrogen-bond donors (Lipinski definition) is 1. The molecule has 5 nitrogen and oxygen atoms in total. The summed E-state index contributed by atoms with van der Waals surface area (Å²) >= 11 is 0. The lowest BCUT2D eigenvalue weighted by Crippen LogP contribution is -2.06. The minimum atomic E-state index is -4.45. The van der Waals surface area contributed by atoms with Crippen molar-refractivity contribution in [1.82, 2.24) is 14.5 Å². The Labute approximate surface area is 199 Å². The van der Waals surface area contributed by atoms with Crippen molar-refractivity contribution in [2.75, 3.05) is 12.4 Å². The monoisotopic (exact) mass is 474 g/mol. The van der Waals surface area contributed by atoms with E-state index in [9.17, 15) is 13.2 Å². The Morgan fingerprint density at radius 1 is 0.914 bits per heavy atom. The van der Waals surface area contributed by atoms with E-state index in [0.29, 0.717) is 22.5 Å². The second-order valence-electron chi connectivity index (χ2n) is 8.06. The van der Waals surface area contributed by atoms with Crippen LogP contribution in [0.15, 0.2) is 85.3 Å². The van der Waals surface area contributed by atoms with E-state index >= 15 is 0 Å². The van der Waals surface area contributed by atoms with Crippen molar-refractivity contribution in [1.29, 1.82) is 0 Å². The minimum absolute atomic E-state index is 0.358. The average Bonchev–Trinajstić information content (AvgIpc) is 3.25. The zero-order valence-corrected chi connectivity index (χ0v) is 19.0. The highest BCUT2D eigenvalue weighted by Crippen LogP contribution is 2.38. The van der Waals surface area contributed by atoms with Gasteiger partial charge in [-0.15, -0.1) is 0 Å². The molecule has 8 heteroatoms. The number of anilines is 2. The Morgan fingerprint density at radius 3 is 2.43 bits per heavy atom. The van der Waals surface area contributed by atoms with E-state index in [-0.39, 0.29) is 0 Å². The van der Waals surface area contributed by atoms with Gasteiger partial charge in [-0.3, -0.25) is 0 Å². The quantitative estimate of drug-likeness (QED) is 0.293. The fourth-order valence-corrected chi connectivity index (χ4v) is 4.11. The number of ether oxygens (including phenoxy) is 1. The smallest absolute Gasteiger partial charge is 0.416 e. The molecule has 0 spiro atoms. The maximum Gasteiger partial charge on any atom is 0.416 e. The SMILES string of the molecule is COc1ccc(Nc2ncnc3c2c(-c2ccccc2)cn3-c2cccc(C(F)(F)F)c2)cc1C. The molecule has 0 fully saturated rings. The zero-order chi connectivity index (χ0) is 24.6. The molecular formula is C27H21F3N4O. The summed E-state index contributed by atoms with van der Waals surface area (Å²) in [4.78, 5) is 8.93. The van der Waals surface area contributed by atoms with Gasteiger partial charge in [0, 0.05) is 23.1 Å². The van der Waals surface area contributed by atoms with Crippen molar-refractivity contribution in [3.63, 3.8) is 0 Å². The van der Waals surface area contributed by atoms with Gasteiger partial charge in [-0.05, 0) is 54.4 Å². The van der Waals surface area contributed by atoms with E-state index in [1.165, 1.54) is 12.4 Å². The zero-order valence-electron chi connectivity index (χ0n) is 19.0. The molecule has 0 aliphatic rings. The van der Waals surface area contributed by atoms with Gasteiger partial charge in [0.2, 0.25) is 0 Å². The molecule has 0 atom stereocenters. The number of rotatable bonds is 5. The van der Waals surface area contributed by atoms with E-state index in [2.05, 4.69) is 15.3 Å². The second kappa shape index (κ2) is 8.79. The number of methoxy groups -OCH3 is 1. The third-order valence-corrected chi connectivity index (χ3v) is 5.78. The molecule has 3 aromatic carbocycles. The molecule has 2 aromatic heterocycles. The van der Waals surface area contributed by atoms with E-state index in [1.807, 2.05) is 55.5 Å². The maximum absolute atomic E-state index is 13.4. The van der Waals surface area contributed by atoms with Gasteiger partial charge in [-0.25, -0.2) is 9.97 Å². The molecule has 0 amide bonds. The topological polar surface area (TPSA) is 52.0 Å². The first-order valence-electron chi connectivity index (χ1n) is 10.9. The number of aromatic nitrogens is 3. The molecular weight excluding hydrogens is 453 g/mol. The van der Waals surface area contributed by atoms with Crippen LogP contribution in [0.5, 0.6) is 5.75 Å². The first-order chi connectivity index (χ1) is 16.8. The number of benzene rings is 3. The van der Waals surface area contributed by atoms with Crippen LogP contribution in [0, 0.1) is 6.92 Å². The van der Waals surface area contributed by atoms with Crippen LogP contribution in [-0.4, -0.2) is 21.6 Å². The number of nitrogens with zero attached hydrogens (tertiary/aromatic N) is 3. The number of nitrogens with one attached hydrogen (secondary N) is 1. The van der Waals surface area contributed by atoms with Gasteiger partial charge >= 0.3 is 6.18 Å². The summed E-state index contributed by atoms with van der Waals surface area (Å²) in [6, 6.07) is 20.5. The van der Waals surface area contributed by atoms with Gasteiger partial charge in [-0.2, -0.15) is 13.2 Å². The van der Waals surface area contributed by atoms with Crippen molar-refractivity contribution in [2.24, 2.45) is 0 Å². The van der Waals surface area contributed by atoms with Crippen molar-refractivity contribution in [2.45, 2.75) is 13.1 Å². The number of aryl methyl sites for hydroxylation is 1. The Kier molecular flexibility index (Phi) is 5.64. The molecule has 0 bridgehead atoms. The van der Waals surface area contributed by atoms with Crippen molar-refractivity contribution < 1.29 is 17.9 Å². The van der Waals surface area contributed by atoms with Crippen LogP contribution in [0.4, 0.5) is 24.7 Å². The largest absolute Gasteiger partial charge is 0.496 e. The van der Waals surface area contributed by atoms with E-state index in [1.54, 1.807) is 23.9 Å². The molecule has 5 aromatic rings. The fourth-order valence-electron chi connectivity index (χ4n) is 4.11. The van der Waals surface area contributed by atoms with Crippen LogP contribution in [0.3, 0.4) is 0 Å². The molecule has 0 saturated carbocycles. The van der Waals surface area contributed by atoms with E-state index < -0.39 is 11.7 Å². The number of halogens is 3. The number of alkyl halides is 3. The van der Waals surface area contributed by atoms with Gasteiger partial charge in [0.05, 0.1) is 18.1 Å². The summed E-state index contributed by atoms with van der Waals surface area (Å²) in [7, 11) is 1.62. The summed E-state index contributed by atoms with van der Waals surface area (Å²) in [5.41, 5.74) is 3.57. The fraction of sp³-hybridized carbons (Fsp3) is 0.111. The molecule has 0 unspecified atom stereocenters. The number of fused-ring (bicyclic) bond motifs is 1. The van der Waals surface area contributed by atoms with Gasteiger partial charge in [0.15, 0.2) is 5.65 Å². The van der Waals surface area contributed by atoms with Crippen LogP contribution in [0.25, 0.3) is 27.8 Å². The highest BCUT2D eigenvalue weighted by atomic mass is 19.4. The number of hydrogen-bond acceptors (Lipinski definition) is 4. The summed E-state index contributed by atoms with van der Waals surface area (Å²) in [6.07, 6.45) is -1.25. The molecule has 35 heavy (non-hydrogen) atoms. The van der Waals surface area contributed by atoms with Crippen LogP contribution >= 0.6 is 0 Å². The Morgan fingerprint density at radius 2 is 1.71 bits per heavy atom. The first kappa shape index (κ1) is 22.5. The summed E-state index contributed by atoms with van der Waals surface area (Å²) in [6.45, 7) is 1.94. The standard InChI is InChI=1S/C27H21F3N4O/c1-17-13-20(11-12-23(17)35-2)33-25-24-22(18-7-4-3-5-8-18)15-34(26(24)32-16-31-25)21-10-6-9-19(14-21)27(28,29)30/h3-16H,1-2H3,(H,31,32,33). The van der Waals surface area contributed by atoms with Crippen LogP contribution in [-0.2, 0) is 6.18 Å². The molecule has 0 radical (unpaired) electrons. The minimum Gasteiger partial charge on any atom is -0.496 e. The average molecular weight is 474 g/mol. The third kappa shape index (κ3) is 4.30. The van der Waals surface area contributed by atoms with Crippen molar-refractivity contribution in [3.8, 4) is 22.6 Å².